The lowest BCUT2D eigenvalue weighted by Gasteiger charge is -2.22. The van der Waals surface area contributed by atoms with Crippen molar-refractivity contribution < 1.29 is 0 Å². The zero-order valence-electron chi connectivity index (χ0n) is 11.0. The highest BCUT2D eigenvalue weighted by Gasteiger charge is 2.12. The topological polar surface area (TPSA) is 62.7 Å². The number of hydrogen-bond donors (Lipinski definition) is 2. The molecule has 1 aliphatic rings. The molecular weight excluding hydrogens is 238 g/mol. The maximum atomic E-state index is 4.42. The Morgan fingerprint density at radius 2 is 2.37 bits per heavy atom. The molecule has 3 rings (SSSR count). The Bertz CT molecular complexity index is 531. The number of fused-ring (bicyclic) bond motifs is 1. The Balaban J connectivity index is 1.62. The van der Waals surface area contributed by atoms with Gasteiger partial charge in [0.25, 0.3) is 0 Å². The summed E-state index contributed by atoms with van der Waals surface area (Å²) >= 11 is 0. The number of pyridine rings is 1. The zero-order valence-corrected chi connectivity index (χ0v) is 11.0. The van der Waals surface area contributed by atoms with E-state index in [0.29, 0.717) is 0 Å². The van der Waals surface area contributed by atoms with Crippen LogP contribution in [0.5, 0.6) is 0 Å². The van der Waals surface area contributed by atoms with Crippen molar-refractivity contribution in [1.82, 2.24) is 25.6 Å². The van der Waals surface area contributed by atoms with Crippen LogP contribution >= 0.6 is 0 Å². The molecule has 1 saturated heterocycles. The molecule has 19 heavy (non-hydrogen) atoms. The lowest BCUT2D eigenvalue weighted by atomic mass is 10.00. The predicted octanol–water partition coefficient (Wildman–Crippen LogP) is 1.11. The minimum absolute atomic E-state index is 0.735. The van der Waals surface area contributed by atoms with E-state index in [1.807, 2.05) is 18.5 Å². The molecule has 5 heteroatoms. The summed E-state index contributed by atoms with van der Waals surface area (Å²) in [5, 5.41) is 7.99. The van der Waals surface area contributed by atoms with E-state index in [4.69, 9.17) is 0 Å². The molecule has 0 unspecified atom stereocenters. The number of nitrogens with zero attached hydrogens (tertiary/aromatic N) is 3. The fraction of sp³-hybridized carbons (Fsp3) is 0.500. The summed E-state index contributed by atoms with van der Waals surface area (Å²) in [6.45, 7) is 4.09. The second-order valence-electron chi connectivity index (χ2n) is 5.06. The van der Waals surface area contributed by atoms with E-state index < -0.39 is 0 Å². The minimum Gasteiger partial charge on any atom is -0.316 e. The highest BCUT2D eigenvalue weighted by molar-refractivity contribution is 5.78. The van der Waals surface area contributed by atoms with Crippen molar-refractivity contribution in [3.63, 3.8) is 0 Å². The van der Waals surface area contributed by atoms with Crippen molar-refractivity contribution in [2.45, 2.75) is 19.4 Å². The van der Waals surface area contributed by atoms with Gasteiger partial charge in [-0.1, -0.05) is 0 Å². The van der Waals surface area contributed by atoms with E-state index in [0.717, 1.165) is 48.7 Å². The number of aromatic nitrogens is 3. The monoisotopic (exact) mass is 257 g/mol. The molecule has 0 saturated carbocycles. The first kappa shape index (κ1) is 12.4. The van der Waals surface area contributed by atoms with Crippen LogP contribution in [0.25, 0.3) is 10.9 Å². The van der Waals surface area contributed by atoms with Crippen LogP contribution in [0.4, 0.5) is 0 Å². The van der Waals surface area contributed by atoms with E-state index in [1.54, 1.807) is 6.33 Å². The Labute approximate surface area is 112 Å². The lowest BCUT2D eigenvalue weighted by Crippen LogP contribution is -2.35. The number of piperidine rings is 1. The van der Waals surface area contributed by atoms with Gasteiger partial charge >= 0.3 is 0 Å². The molecule has 0 spiro atoms. The summed E-state index contributed by atoms with van der Waals surface area (Å²) in [6, 6.07) is 1.95. The molecule has 1 fully saturated rings. The van der Waals surface area contributed by atoms with Crippen LogP contribution in [0.2, 0.25) is 0 Å². The number of rotatable bonds is 4. The summed E-state index contributed by atoms with van der Waals surface area (Å²) in [6.07, 6.45) is 7.83. The standard InChI is InChI=1S/C14H19N5/c1-2-11(6-15-4-1)7-16-9-13-14-12(3-5-18-13)8-17-10-19-14/h3,5,8,10-11,15-16H,1-2,4,6-7,9H2/t11-/m0/s1. The van der Waals surface area contributed by atoms with Gasteiger partial charge in [-0.05, 0) is 44.5 Å². The number of hydrogen-bond acceptors (Lipinski definition) is 5. The quantitative estimate of drug-likeness (QED) is 0.859. The molecule has 0 radical (unpaired) electrons. The third-order valence-electron chi connectivity index (χ3n) is 3.62. The second-order valence-corrected chi connectivity index (χ2v) is 5.06. The third kappa shape index (κ3) is 3.05. The lowest BCUT2D eigenvalue weighted by molar-refractivity contribution is 0.359. The maximum Gasteiger partial charge on any atom is 0.116 e. The first-order chi connectivity index (χ1) is 9.43. The van der Waals surface area contributed by atoms with Crippen molar-refractivity contribution in [2.75, 3.05) is 19.6 Å². The smallest absolute Gasteiger partial charge is 0.116 e. The predicted molar refractivity (Wildman–Crippen MR) is 74.6 cm³/mol. The maximum absolute atomic E-state index is 4.42. The van der Waals surface area contributed by atoms with Gasteiger partial charge < -0.3 is 10.6 Å². The Kier molecular flexibility index (Phi) is 3.95. The third-order valence-corrected chi connectivity index (χ3v) is 3.62. The van der Waals surface area contributed by atoms with Gasteiger partial charge in [0.15, 0.2) is 0 Å². The Morgan fingerprint density at radius 3 is 3.26 bits per heavy atom. The first-order valence-electron chi connectivity index (χ1n) is 6.88. The summed E-state index contributed by atoms with van der Waals surface area (Å²) in [5.41, 5.74) is 1.95. The van der Waals surface area contributed by atoms with Crippen molar-refractivity contribution in [3.05, 3.63) is 30.5 Å². The van der Waals surface area contributed by atoms with E-state index in [2.05, 4.69) is 25.6 Å². The average Bonchev–Trinajstić information content (AvgIpc) is 2.49. The molecule has 1 atom stereocenters. The van der Waals surface area contributed by atoms with Crippen LogP contribution < -0.4 is 10.6 Å². The van der Waals surface area contributed by atoms with Crippen LogP contribution in [-0.2, 0) is 6.54 Å². The average molecular weight is 257 g/mol. The van der Waals surface area contributed by atoms with Gasteiger partial charge in [0.05, 0.1) is 11.2 Å². The first-order valence-corrected chi connectivity index (χ1v) is 6.88. The molecule has 2 aromatic rings. The molecule has 2 aromatic heterocycles. The molecule has 2 N–H and O–H groups in total. The van der Waals surface area contributed by atoms with E-state index in [1.165, 1.54) is 12.8 Å². The summed E-state index contributed by atoms with van der Waals surface area (Å²) in [5.74, 6) is 0.735. The fourth-order valence-electron chi connectivity index (χ4n) is 2.59. The van der Waals surface area contributed by atoms with Crippen LogP contribution in [0.1, 0.15) is 18.5 Å². The van der Waals surface area contributed by atoms with Gasteiger partial charge in [-0.3, -0.25) is 4.98 Å². The molecule has 5 nitrogen and oxygen atoms in total. The summed E-state index contributed by atoms with van der Waals surface area (Å²) < 4.78 is 0. The Morgan fingerprint density at radius 1 is 1.37 bits per heavy atom. The van der Waals surface area contributed by atoms with E-state index in [9.17, 15) is 0 Å². The molecule has 0 aromatic carbocycles. The van der Waals surface area contributed by atoms with Crippen molar-refractivity contribution in [2.24, 2.45) is 5.92 Å². The van der Waals surface area contributed by atoms with Crippen LogP contribution in [0.3, 0.4) is 0 Å². The van der Waals surface area contributed by atoms with Gasteiger partial charge in [-0.25, -0.2) is 9.97 Å². The van der Waals surface area contributed by atoms with Crippen molar-refractivity contribution >= 4 is 10.9 Å². The van der Waals surface area contributed by atoms with Gasteiger partial charge in [-0.2, -0.15) is 0 Å². The van der Waals surface area contributed by atoms with E-state index >= 15 is 0 Å². The van der Waals surface area contributed by atoms with Crippen molar-refractivity contribution in [3.8, 4) is 0 Å². The molecule has 100 valence electrons. The van der Waals surface area contributed by atoms with Crippen LogP contribution in [-0.4, -0.2) is 34.6 Å². The molecule has 0 aliphatic carbocycles. The van der Waals surface area contributed by atoms with Gasteiger partial charge in [0.2, 0.25) is 0 Å². The highest BCUT2D eigenvalue weighted by Crippen LogP contribution is 2.13. The fourth-order valence-corrected chi connectivity index (χ4v) is 2.59. The van der Waals surface area contributed by atoms with Crippen molar-refractivity contribution in [1.29, 1.82) is 0 Å². The molecule has 3 heterocycles. The molecule has 0 amide bonds. The van der Waals surface area contributed by atoms with Crippen LogP contribution in [0, 0.1) is 5.92 Å². The van der Waals surface area contributed by atoms with Crippen LogP contribution in [0.15, 0.2) is 24.8 Å². The summed E-state index contributed by atoms with van der Waals surface area (Å²) in [4.78, 5) is 12.8. The normalized spacial score (nSPS) is 19.7. The van der Waals surface area contributed by atoms with Gasteiger partial charge in [0, 0.05) is 24.3 Å². The SMILES string of the molecule is c1cc2cncnc2c(CNC[C@H]2CCCNC2)n1. The highest BCUT2D eigenvalue weighted by atomic mass is 14.9. The largest absolute Gasteiger partial charge is 0.316 e. The Hall–Kier alpha value is -1.59. The van der Waals surface area contributed by atoms with E-state index in [-0.39, 0.29) is 0 Å². The van der Waals surface area contributed by atoms with Gasteiger partial charge in [0.1, 0.15) is 6.33 Å². The summed E-state index contributed by atoms with van der Waals surface area (Å²) in [7, 11) is 0. The molecule has 0 bridgehead atoms. The molecular formula is C14H19N5. The molecule has 1 aliphatic heterocycles. The minimum atomic E-state index is 0.735. The number of nitrogens with one attached hydrogen (secondary N) is 2. The zero-order chi connectivity index (χ0) is 12.9. The second kappa shape index (κ2) is 6.04. The van der Waals surface area contributed by atoms with Gasteiger partial charge in [-0.15, -0.1) is 0 Å².